The zero-order chi connectivity index (χ0) is 41.3. The van der Waals surface area contributed by atoms with E-state index in [4.69, 9.17) is 18.9 Å². The van der Waals surface area contributed by atoms with Gasteiger partial charge in [-0.2, -0.15) is 8.42 Å². The van der Waals surface area contributed by atoms with Crippen molar-refractivity contribution in [2.45, 2.75) is 230 Å². The summed E-state index contributed by atoms with van der Waals surface area (Å²) in [6.07, 6.45) is 25.5. The lowest BCUT2D eigenvalue weighted by atomic mass is 10.00. The summed E-state index contributed by atoms with van der Waals surface area (Å²) in [5.74, 6) is -1.98. The highest BCUT2D eigenvalue weighted by atomic mass is 32.2. The Bertz CT molecular complexity index is 1100. The first-order chi connectivity index (χ1) is 27.0. The third kappa shape index (κ3) is 28.7. The van der Waals surface area contributed by atoms with E-state index in [1.165, 1.54) is 109 Å². The van der Waals surface area contributed by atoms with Crippen LogP contribution in [0.15, 0.2) is 12.2 Å². The minimum absolute atomic E-state index is 0.168. The number of carbonyl (C=O) groups excluding carboxylic acids is 2. The van der Waals surface area contributed by atoms with E-state index in [9.17, 15) is 37.9 Å². The Morgan fingerprint density at radius 2 is 1.02 bits per heavy atom. The van der Waals surface area contributed by atoms with Crippen LogP contribution in [0.4, 0.5) is 0 Å². The van der Waals surface area contributed by atoms with E-state index in [1.807, 2.05) is 0 Å². The highest BCUT2D eigenvalue weighted by Gasteiger charge is 2.46. The molecule has 6 atom stereocenters. The maximum Gasteiger partial charge on any atom is 0.306 e. The molecule has 0 amide bonds. The summed E-state index contributed by atoms with van der Waals surface area (Å²) in [7, 11) is -4.60. The van der Waals surface area contributed by atoms with Gasteiger partial charge >= 0.3 is 11.9 Å². The van der Waals surface area contributed by atoms with E-state index in [0.717, 1.165) is 44.9 Å². The second kappa shape index (κ2) is 34.3. The molecule has 1 saturated heterocycles. The van der Waals surface area contributed by atoms with Crippen molar-refractivity contribution in [2.75, 3.05) is 19.0 Å². The number of carbonyl (C=O) groups is 2. The van der Waals surface area contributed by atoms with Crippen molar-refractivity contribution in [3.8, 4) is 0 Å². The molecule has 0 aromatic heterocycles. The Kier molecular flexibility index (Phi) is 32.1. The molecule has 0 aromatic rings. The number of aliphatic hydroxyl groups excluding tert-OH is 3. The third-order valence-corrected chi connectivity index (χ3v) is 11.1. The van der Waals surface area contributed by atoms with Crippen LogP contribution in [0, 0.1) is 0 Å². The fraction of sp³-hybridized carbons (Fsp3) is 0.907. The zero-order valence-corrected chi connectivity index (χ0v) is 35.8. The van der Waals surface area contributed by atoms with E-state index in [2.05, 4.69) is 26.0 Å². The van der Waals surface area contributed by atoms with Gasteiger partial charge in [0.2, 0.25) is 0 Å². The van der Waals surface area contributed by atoms with Crippen LogP contribution in [0.2, 0.25) is 0 Å². The van der Waals surface area contributed by atoms with Crippen LogP contribution in [0.3, 0.4) is 0 Å². The van der Waals surface area contributed by atoms with Gasteiger partial charge in [-0.1, -0.05) is 154 Å². The van der Waals surface area contributed by atoms with Crippen molar-refractivity contribution in [3.63, 3.8) is 0 Å². The second-order valence-electron chi connectivity index (χ2n) is 15.7. The highest BCUT2D eigenvalue weighted by molar-refractivity contribution is 7.85. The monoisotopic (exact) mass is 821 g/mol. The van der Waals surface area contributed by atoms with E-state index < -0.39 is 71.2 Å². The van der Waals surface area contributed by atoms with E-state index in [1.54, 1.807) is 0 Å². The van der Waals surface area contributed by atoms with Gasteiger partial charge in [0.15, 0.2) is 12.4 Å². The molecule has 0 radical (unpaired) electrons. The van der Waals surface area contributed by atoms with Gasteiger partial charge in [0, 0.05) is 12.8 Å². The number of allylic oxidation sites excluding steroid dienone is 2. The first-order valence-electron chi connectivity index (χ1n) is 22.2. The summed E-state index contributed by atoms with van der Waals surface area (Å²) in [6.45, 7) is 3.74. The largest absolute Gasteiger partial charge is 0.462 e. The van der Waals surface area contributed by atoms with Crippen molar-refractivity contribution in [1.29, 1.82) is 0 Å². The molecule has 1 aliphatic rings. The van der Waals surface area contributed by atoms with Crippen molar-refractivity contribution in [3.05, 3.63) is 12.2 Å². The Morgan fingerprint density at radius 1 is 0.589 bits per heavy atom. The lowest BCUT2D eigenvalue weighted by Gasteiger charge is -2.40. The summed E-state index contributed by atoms with van der Waals surface area (Å²) in [5, 5.41) is 30.8. The third-order valence-electron chi connectivity index (χ3n) is 10.3. The molecule has 1 fully saturated rings. The van der Waals surface area contributed by atoms with Crippen LogP contribution < -0.4 is 0 Å². The fourth-order valence-corrected chi connectivity index (χ4v) is 7.54. The number of ether oxygens (including phenoxy) is 4. The molecule has 12 nitrogen and oxygen atoms in total. The highest BCUT2D eigenvalue weighted by Crippen LogP contribution is 2.24. The van der Waals surface area contributed by atoms with Gasteiger partial charge in [-0.25, -0.2) is 0 Å². The van der Waals surface area contributed by atoms with Crippen molar-refractivity contribution >= 4 is 22.1 Å². The number of hydrogen-bond donors (Lipinski definition) is 4. The first-order valence-corrected chi connectivity index (χ1v) is 23.9. The summed E-state index contributed by atoms with van der Waals surface area (Å²) in [6, 6.07) is 0. The summed E-state index contributed by atoms with van der Waals surface area (Å²) in [5.41, 5.74) is 0. The Labute approximate surface area is 339 Å². The standard InChI is InChI=1S/C43H80O12S/c1-3-5-7-9-11-13-15-16-17-18-19-20-22-23-25-27-29-31-38(44)52-33-36(54-39(45)32-30-28-26-24-21-14-12-10-8-6-4-2)34-53-43-42(48)41(47)40(46)37(55-43)35-56(49,50)51/h16-17,36-37,40-43,46-48H,3-15,18-35H2,1-2H3,(H,49,50,51)/b17-16+/t36-,37-,40-,41?,42?,43+/m1/s1. The molecule has 4 N–H and O–H groups in total. The van der Waals surface area contributed by atoms with Gasteiger partial charge in [-0.3, -0.25) is 14.1 Å². The van der Waals surface area contributed by atoms with Crippen LogP contribution in [0.25, 0.3) is 0 Å². The number of hydrogen-bond acceptors (Lipinski definition) is 11. The molecular weight excluding hydrogens is 741 g/mol. The minimum Gasteiger partial charge on any atom is -0.462 e. The smallest absolute Gasteiger partial charge is 0.306 e. The average Bonchev–Trinajstić information content (AvgIpc) is 3.16. The molecular formula is C43H80O12S. The molecule has 1 heterocycles. The lowest BCUT2D eigenvalue weighted by Crippen LogP contribution is -2.60. The molecule has 0 aromatic carbocycles. The van der Waals surface area contributed by atoms with Crippen LogP contribution in [-0.4, -0.2) is 96.0 Å². The number of unbranched alkanes of at least 4 members (excludes halogenated alkanes) is 23. The zero-order valence-electron chi connectivity index (χ0n) is 35.0. The molecule has 0 bridgehead atoms. The van der Waals surface area contributed by atoms with Gasteiger partial charge in [0.1, 0.15) is 36.8 Å². The minimum atomic E-state index is -4.60. The predicted octanol–water partition coefficient (Wildman–Crippen LogP) is 8.67. The van der Waals surface area contributed by atoms with Crippen molar-refractivity contribution in [2.24, 2.45) is 0 Å². The van der Waals surface area contributed by atoms with Gasteiger partial charge < -0.3 is 34.3 Å². The van der Waals surface area contributed by atoms with Gasteiger partial charge in [-0.15, -0.1) is 0 Å². The molecule has 1 aliphatic heterocycles. The van der Waals surface area contributed by atoms with Crippen LogP contribution >= 0.6 is 0 Å². The number of rotatable bonds is 37. The SMILES string of the molecule is CCCCCCCC/C=C/CCCCCCCCCC(=O)OC[C@H](CO[C@H]1O[C@H](CS(=O)(=O)O)[C@@H](O)C(O)C1O)OC(=O)CCCCCCCCCCCCC. The van der Waals surface area contributed by atoms with Gasteiger partial charge in [0.25, 0.3) is 10.1 Å². The van der Waals surface area contributed by atoms with Crippen LogP contribution in [0.5, 0.6) is 0 Å². The lowest BCUT2D eigenvalue weighted by molar-refractivity contribution is -0.297. The molecule has 1 rings (SSSR count). The van der Waals surface area contributed by atoms with E-state index in [-0.39, 0.29) is 19.4 Å². The Hall–Kier alpha value is -1.61. The van der Waals surface area contributed by atoms with Gasteiger partial charge in [-0.05, 0) is 38.5 Å². The van der Waals surface area contributed by atoms with E-state index >= 15 is 0 Å². The van der Waals surface area contributed by atoms with E-state index in [0.29, 0.717) is 12.8 Å². The number of aliphatic hydroxyl groups is 3. The topological polar surface area (TPSA) is 186 Å². The maximum atomic E-state index is 12.8. The van der Waals surface area contributed by atoms with Crippen molar-refractivity contribution in [1.82, 2.24) is 0 Å². The summed E-state index contributed by atoms with van der Waals surface area (Å²) < 4.78 is 54.0. The maximum absolute atomic E-state index is 12.8. The average molecular weight is 821 g/mol. The molecule has 0 saturated carbocycles. The summed E-state index contributed by atoms with van der Waals surface area (Å²) in [4.78, 5) is 25.3. The number of esters is 2. The predicted molar refractivity (Wildman–Crippen MR) is 220 cm³/mol. The molecule has 0 aliphatic carbocycles. The Morgan fingerprint density at radius 3 is 1.48 bits per heavy atom. The van der Waals surface area contributed by atoms with Crippen LogP contribution in [-0.2, 0) is 38.7 Å². The quantitative estimate of drug-likeness (QED) is 0.0203. The normalized spacial score (nSPS) is 20.7. The first kappa shape index (κ1) is 52.4. The summed E-state index contributed by atoms with van der Waals surface area (Å²) >= 11 is 0. The molecule has 2 unspecified atom stereocenters. The molecule has 56 heavy (non-hydrogen) atoms. The molecule has 13 heteroatoms. The Balaban J connectivity index is 2.43. The fourth-order valence-electron chi connectivity index (χ4n) is 6.85. The van der Waals surface area contributed by atoms with Crippen LogP contribution in [0.1, 0.15) is 194 Å². The van der Waals surface area contributed by atoms with Gasteiger partial charge in [0.05, 0.1) is 6.61 Å². The second-order valence-corrected chi connectivity index (χ2v) is 17.2. The molecule has 330 valence electrons. The van der Waals surface area contributed by atoms with Crippen molar-refractivity contribution < 1.29 is 56.8 Å². The molecule has 0 spiro atoms.